The molecule has 0 saturated carbocycles. The molecule has 0 heterocycles. The molecular formula is C19H24O3. The Morgan fingerprint density at radius 3 is 2.36 bits per heavy atom. The summed E-state index contributed by atoms with van der Waals surface area (Å²) in [6, 6.07) is 9.69. The van der Waals surface area contributed by atoms with Crippen LogP contribution in [0.1, 0.15) is 49.9 Å². The maximum atomic E-state index is 11.4. The highest BCUT2D eigenvalue weighted by molar-refractivity contribution is 5.99. The van der Waals surface area contributed by atoms with Gasteiger partial charge in [0, 0.05) is 0 Å². The number of carbonyl (C=O) groups is 1. The summed E-state index contributed by atoms with van der Waals surface area (Å²) in [6.07, 6.45) is 4.97. The third-order valence-electron chi connectivity index (χ3n) is 3.62. The van der Waals surface area contributed by atoms with Gasteiger partial charge < -0.3 is 9.47 Å². The van der Waals surface area contributed by atoms with Crippen LogP contribution in [0.3, 0.4) is 0 Å². The predicted molar refractivity (Wildman–Crippen MR) is 90.1 cm³/mol. The van der Waals surface area contributed by atoms with Crippen molar-refractivity contribution < 1.29 is 14.3 Å². The summed E-state index contributed by atoms with van der Waals surface area (Å²) in [4.78, 5) is 11.4. The number of ether oxygens (including phenoxy) is 2. The highest BCUT2D eigenvalue weighted by atomic mass is 16.5. The molecule has 118 valence electrons. The van der Waals surface area contributed by atoms with Gasteiger partial charge in [-0.15, -0.1) is 0 Å². The molecule has 0 aromatic heterocycles. The smallest absolute Gasteiger partial charge is 0.153 e. The van der Waals surface area contributed by atoms with Crippen molar-refractivity contribution in [2.75, 3.05) is 13.2 Å². The van der Waals surface area contributed by atoms with Crippen molar-refractivity contribution in [3.63, 3.8) is 0 Å². The number of hydrogen-bond donors (Lipinski definition) is 0. The van der Waals surface area contributed by atoms with Crippen LogP contribution in [0.15, 0.2) is 30.3 Å². The normalized spacial score (nSPS) is 10.6. The number of rotatable bonds is 9. The van der Waals surface area contributed by atoms with E-state index in [-0.39, 0.29) is 0 Å². The Kier molecular flexibility index (Phi) is 6.26. The molecular weight excluding hydrogens is 276 g/mol. The Morgan fingerprint density at radius 1 is 0.955 bits per heavy atom. The number of benzene rings is 2. The van der Waals surface area contributed by atoms with Gasteiger partial charge in [-0.25, -0.2) is 0 Å². The van der Waals surface area contributed by atoms with Crippen molar-refractivity contribution in [2.45, 2.75) is 39.5 Å². The average Bonchev–Trinajstić information content (AvgIpc) is 2.55. The van der Waals surface area contributed by atoms with E-state index in [4.69, 9.17) is 9.47 Å². The molecule has 0 bridgehead atoms. The fraction of sp³-hybridized carbons (Fsp3) is 0.421. The number of aldehydes is 1. The number of carbonyl (C=O) groups excluding carboxylic acids is 1. The summed E-state index contributed by atoms with van der Waals surface area (Å²) in [5.41, 5.74) is 0.579. The molecule has 0 aliphatic rings. The van der Waals surface area contributed by atoms with Crippen LogP contribution >= 0.6 is 0 Å². The van der Waals surface area contributed by atoms with Gasteiger partial charge in [-0.2, -0.15) is 0 Å². The first-order valence-corrected chi connectivity index (χ1v) is 8.08. The van der Waals surface area contributed by atoms with Crippen LogP contribution in [0.4, 0.5) is 0 Å². The van der Waals surface area contributed by atoms with Crippen molar-refractivity contribution in [1.82, 2.24) is 0 Å². The zero-order valence-corrected chi connectivity index (χ0v) is 13.4. The molecule has 3 nitrogen and oxygen atoms in total. The molecule has 0 spiro atoms. The number of fused-ring (bicyclic) bond motifs is 1. The summed E-state index contributed by atoms with van der Waals surface area (Å²) in [5, 5.41) is 1.94. The topological polar surface area (TPSA) is 35.5 Å². The second-order valence-electron chi connectivity index (χ2n) is 5.36. The van der Waals surface area contributed by atoms with E-state index in [1.165, 1.54) is 0 Å². The molecule has 22 heavy (non-hydrogen) atoms. The summed E-state index contributed by atoms with van der Waals surface area (Å²) in [6.45, 7) is 5.54. The Labute approximate surface area is 132 Å². The Bertz CT molecular complexity index is 619. The highest BCUT2D eigenvalue weighted by Crippen LogP contribution is 2.36. The van der Waals surface area contributed by atoms with E-state index in [9.17, 15) is 4.79 Å². The van der Waals surface area contributed by atoms with E-state index in [2.05, 4.69) is 13.8 Å². The first kappa shape index (κ1) is 16.3. The molecule has 0 unspecified atom stereocenters. The fourth-order valence-corrected chi connectivity index (χ4v) is 2.34. The van der Waals surface area contributed by atoms with Crippen LogP contribution in [0.25, 0.3) is 10.8 Å². The van der Waals surface area contributed by atoms with Gasteiger partial charge in [-0.3, -0.25) is 4.79 Å². The van der Waals surface area contributed by atoms with Crippen molar-refractivity contribution in [2.24, 2.45) is 0 Å². The lowest BCUT2D eigenvalue weighted by Crippen LogP contribution is -2.03. The van der Waals surface area contributed by atoms with E-state index >= 15 is 0 Å². The molecule has 0 fully saturated rings. The van der Waals surface area contributed by atoms with Gasteiger partial charge >= 0.3 is 0 Å². The molecule has 3 heteroatoms. The highest BCUT2D eigenvalue weighted by Gasteiger charge is 2.13. The summed E-state index contributed by atoms with van der Waals surface area (Å²) >= 11 is 0. The van der Waals surface area contributed by atoms with Crippen LogP contribution in [0, 0.1) is 0 Å². The Balaban J connectivity index is 2.43. The lowest BCUT2D eigenvalue weighted by atomic mass is 10.0. The minimum atomic E-state index is 0.579. The van der Waals surface area contributed by atoms with Crippen molar-refractivity contribution in [1.29, 1.82) is 0 Å². The first-order valence-electron chi connectivity index (χ1n) is 8.08. The van der Waals surface area contributed by atoms with Crippen molar-refractivity contribution in [3.05, 3.63) is 35.9 Å². The van der Waals surface area contributed by atoms with Crippen LogP contribution in [0.2, 0.25) is 0 Å². The minimum Gasteiger partial charge on any atom is -0.493 e. The van der Waals surface area contributed by atoms with Crippen molar-refractivity contribution >= 4 is 17.1 Å². The van der Waals surface area contributed by atoms with E-state index in [0.717, 1.165) is 48.5 Å². The Hall–Kier alpha value is -2.03. The van der Waals surface area contributed by atoms with Gasteiger partial charge in [0.2, 0.25) is 0 Å². The van der Waals surface area contributed by atoms with Crippen LogP contribution in [-0.4, -0.2) is 19.5 Å². The number of unbranched alkanes of at least 4 members (excludes halogenated alkanes) is 2. The lowest BCUT2D eigenvalue weighted by Gasteiger charge is -2.15. The zero-order chi connectivity index (χ0) is 15.8. The third kappa shape index (κ3) is 3.79. The zero-order valence-electron chi connectivity index (χ0n) is 13.4. The monoisotopic (exact) mass is 300 g/mol. The van der Waals surface area contributed by atoms with Crippen LogP contribution in [-0.2, 0) is 0 Å². The maximum absolute atomic E-state index is 11.4. The van der Waals surface area contributed by atoms with E-state index in [0.29, 0.717) is 24.5 Å². The van der Waals surface area contributed by atoms with E-state index in [1.807, 2.05) is 30.3 Å². The van der Waals surface area contributed by atoms with Gasteiger partial charge in [0.05, 0.1) is 24.2 Å². The van der Waals surface area contributed by atoms with Gasteiger partial charge in [-0.05, 0) is 30.4 Å². The summed E-state index contributed by atoms with van der Waals surface area (Å²) in [5.74, 6) is 1.44. The second-order valence-corrected chi connectivity index (χ2v) is 5.36. The van der Waals surface area contributed by atoms with Gasteiger partial charge in [0.1, 0.15) is 11.5 Å². The van der Waals surface area contributed by atoms with E-state index in [1.54, 1.807) is 0 Å². The average molecular weight is 300 g/mol. The molecule has 2 rings (SSSR count). The van der Waals surface area contributed by atoms with Gasteiger partial charge in [0.25, 0.3) is 0 Å². The second kappa shape index (κ2) is 8.42. The molecule has 2 aromatic carbocycles. The SMILES string of the molecule is CCCCOc1cccc2ccc(C=O)c(OCCCC)c12. The molecule has 0 radical (unpaired) electrons. The molecule has 0 aliphatic carbocycles. The molecule has 0 N–H and O–H groups in total. The number of hydrogen-bond acceptors (Lipinski definition) is 3. The summed E-state index contributed by atoms with van der Waals surface area (Å²) < 4.78 is 11.8. The van der Waals surface area contributed by atoms with Gasteiger partial charge in [0.15, 0.2) is 6.29 Å². The first-order chi connectivity index (χ1) is 10.8. The maximum Gasteiger partial charge on any atom is 0.153 e. The molecule has 0 saturated heterocycles. The summed E-state index contributed by atoms with van der Waals surface area (Å²) in [7, 11) is 0. The molecule has 0 atom stereocenters. The third-order valence-corrected chi connectivity index (χ3v) is 3.62. The largest absolute Gasteiger partial charge is 0.493 e. The fourth-order valence-electron chi connectivity index (χ4n) is 2.34. The Morgan fingerprint density at radius 2 is 1.68 bits per heavy atom. The predicted octanol–water partition coefficient (Wildman–Crippen LogP) is 5.01. The van der Waals surface area contributed by atoms with Crippen molar-refractivity contribution in [3.8, 4) is 11.5 Å². The van der Waals surface area contributed by atoms with Crippen LogP contribution in [0.5, 0.6) is 11.5 Å². The molecule has 0 aliphatic heterocycles. The quantitative estimate of drug-likeness (QED) is 0.482. The molecule has 0 amide bonds. The van der Waals surface area contributed by atoms with Gasteiger partial charge in [-0.1, -0.05) is 44.9 Å². The van der Waals surface area contributed by atoms with E-state index < -0.39 is 0 Å². The standard InChI is InChI=1S/C19H24O3/c1-3-5-12-21-17-9-7-8-15-10-11-16(14-20)19(18(15)17)22-13-6-4-2/h7-11,14H,3-6,12-13H2,1-2H3. The minimum absolute atomic E-state index is 0.579. The van der Waals surface area contributed by atoms with Crippen LogP contribution < -0.4 is 9.47 Å². The molecule has 2 aromatic rings. The lowest BCUT2D eigenvalue weighted by molar-refractivity contribution is 0.112.